The van der Waals surface area contributed by atoms with Crippen LogP contribution in [0.5, 0.6) is 5.75 Å². The molecule has 2 unspecified atom stereocenters. The van der Waals surface area contributed by atoms with Gasteiger partial charge in [0.05, 0.1) is 0 Å². The molecule has 2 N–H and O–H groups in total. The smallest absolute Gasteiger partial charge is 0.125 e. The first-order valence-corrected chi connectivity index (χ1v) is 8.74. The molecule has 21 heavy (non-hydrogen) atoms. The average molecular weight is 308 g/mol. The average Bonchev–Trinajstić information content (AvgIpc) is 2.64. The molecule has 0 saturated heterocycles. The second kappa shape index (κ2) is 6.18. The van der Waals surface area contributed by atoms with Crippen LogP contribution in [0.15, 0.2) is 18.2 Å². The van der Waals surface area contributed by atoms with Gasteiger partial charge in [-0.25, -0.2) is 0 Å². The molecule has 1 aliphatic heterocycles. The van der Waals surface area contributed by atoms with E-state index >= 15 is 0 Å². The minimum absolute atomic E-state index is 0.0390. The third-order valence-electron chi connectivity index (χ3n) is 5.24. The molecule has 0 aromatic heterocycles. The van der Waals surface area contributed by atoms with E-state index in [1.54, 1.807) is 0 Å². The van der Waals surface area contributed by atoms with Crippen molar-refractivity contribution in [1.82, 2.24) is 0 Å². The summed E-state index contributed by atoms with van der Waals surface area (Å²) in [4.78, 5) is 0. The van der Waals surface area contributed by atoms with Crippen molar-refractivity contribution in [1.29, 1.82) is 0 Å². The van der Waals surface area contributed by atoms with Gasteiger partial charge in [0.1, 0.15) is 11.4 Å². The van der Waals surface area contributed by atoms with Crippen LogP contribution in [0.3, 0.4) is 0 Å². The molecule has 3 atom stereocenters. The maximum Gasteiger partial charge on any atom is 0.125 e. The second-order valence-electron chi connectivity index (χ2n) is 6.86. The van der Waals surface area contributed by atoms with Crippen LogP contribution in [0.2, 0.25) is 5.02 Å². The first-order valence-electron chi connectivity index (χ1n) is 8.36. The highest BCUT2D eigenvalue weighted by atomic mass is 35.5. The summed E-state index contributed by atoms with van der Waals surface area (Å²) in [5, 5.41) is 0.743. The SMILES string of the molecule is CCCC1CCCC2(CC1)C[C@H](N)c1cc(Cl)ccc1O2. The zero-order chi connectivity index (χ0) is 14.9. The topological polar surface area (TPSA) is 35.2 Å². The fraction of sp³-hybridized carbons (Fsp3) is 0.667. The Bertz CT molecular complexity index is 504. The van der Waals surface area contributed by atoms with Gasteiger partial charge in [0, 0.05) is 23.0 Å². The van der Waals surface area contributed by atoms with E-state index in [4.69, 9.17) is 22.1 Å². The molecule has 0 radical (unpaired) electrons. The zero-order valence-electron chi connectivity index (χ0n) is 12.9. The summed E-state index contributed by atoms with van der Waals surface area (Å²) in [5.41, 5.74) is 7.46. The van der Waals surface area contributed by atoms with Crippen LogP contribution in [0, 0.1) is 5.92 Å². The highest BCUT2D eigenvalue weighted by molar-refractivity contribution is 6.30. The maximum atomic E-state index is 6.45. The van der Waals surface area contributed by atoms with Crippen molar-refractivity contribution in [3.8, 4) is 5.75 Å². The van der Waals surface area contributed by atoms with E-state index in [0.29, 0.717) is 0 Å². The van der Waals surface area contributed by atoms with Gasteiger partial charge in [0.2, 0.25) is 0 Å². The summed E-state index contributed by atoms with van der Waals surface area (Å²) in [7, 11) is 0. The molecule has 1 aliphatic carbocycles. The lowest BCUT2D eigenvalue weighted by Crippen LogP contribution is -2.42. The Kier molecular flexibility index (Phi) is 4.46. The van der Waals surface area contributed by atoms with Crippen molar-refractivity contribution in [3.63, 3.8) is 0 Å². The van der Waals surface area contributed by atoms with Gasteiger partial charge >= 0.3 is 0 Å². The summed E-state index contributed by atoms with van der Waals surface area (Å²) in [5.74, 6) is 1.83. The van der Waals surface area contributed by atoms with E-state index in [2.05, 4.69) is 6.92 Å². The molecule has 1 saturated carbocycles. The van der Waals surface area contributed by atoms with Gasteiger partial charge in [-0.15, -0.1) is 0 Å². The Labute approximate surface area is 133 Å². The summed E-state index contributed by atoms with van der Waals surface area (Å²) < 4.78 is 6.45. The summed E-state index contributed by atoms with van der Waals surface area (Å²) in [6, 6.07) is 5.91. The first-order chi connectivity index (χ1) is 10.1. The lowest BCUT2D eigenvalue weighted by Gasteiger charge is -2.41. The van der Waals surface area contributed by atoms with E-state index in [-0.39, 0.29) is 11.6 Å². The lowest BCUT2D eigenvalue weighted by molar-refractivity contribution is 0.0203. The van der Waals surface area contributed by atoms with Crippen LogP contribution in [0.4, 0.5) is 0 Å². The van der Waals surface area contributed by atoms with Gasteiger partial charge in [-0.1, -0.05) is 37.8 Å². The third-order valence-corrected chi connectivity index (χ3v) is 5.47. The zero-order valence-corrected chi connectivity index (χ0v) is 13.7. The molecule has 2 nitrogen and oxygen atoms in total. The number of ether oxygens (including phenoxy) is 1. The predicted octanol–water partition coefficient (Wildman–Crippen LogP) is 5.24. The van der Waals surface area contributed by atoms with Gasteiger partial charge in [0.25, 0.3) is 0 Å². The minimum atomic E-state index is -0.0390. The Hall–Kier alpha value is -0.730. The summed E-state index contributed by atoms with van der Waals surface area (Å²) in [6.07, 6.45) is 9.76. The van der Waals surface area contributed by atoms with Gasteiger partial charge in [-0.3, -0.25) is 0 Å². The van der Waals surface area contributed by atoms with Crippen molar-refractivity contribution in [2.24, 2.45) is 11.7 Å². The van der Waals surface area contributed by atoms with Gasteiger partial charge < -0.3 is 10.5 Å². The number of hydrogen-bond acceptors (Lipinski definition) is 2. The Morgan fingerprint density at radius 3 is 3.00 bits per heavy atom. The number of halogens is 1. The van der Waals surface area contributed by atoms with Crippen molar-refractivity contribution in [2.75, 3.05) is 0 Å². The molecular formula is C18H26ClNO. The molecule has 1 aromatic rings. The molecule has 0 amide bonds. The van der Waals surface area contributed by atoms with Crippen LogP contribution in [-0.2, 0) is 0 Å². The molecule has 116 valence electrons. The molecule has 0 bridgehead atoms. The fourth-order valence-corrected chi connectivity index (χ4v) is 4.32. The quantitative estimate of drug-likeness (QED) is 0.810. The van der Waals surface area contributed by atoms with Crippen molar-refractivity contribution >= 4 is 11.6 Å². The molecule has 2 aliphatic rings. The Morgan fingerprint density at radius 1 is 1.33 bits per heavy atom. The lowest BCUT2D eigenvalue weighted by atomic mass is 9.82. The normalized spacial score (nSPS) is 32.3. The first kappa shape index (κ1) is 15.2. The van der Waals surface area contributed by atoms with E-state index in [1.807, 2.05) is 18.2 Å². The predicted molar refractivity (Wildman–Crippen MR) is 87.8 cm³/mol. The van der Waals surface area contributed by atoms with Crippen molar-refractivity contribution in [2.45, 2.75) is 69.9 Å². The Balaban J connectivity index is 1.79. The van der Waals surface area contributed by atoms with Crippen molar-refractivity contribution in [3.05, 3.63) is 28.8 Å². The molecular weight excluding hydrogens is 282 g/mol. The summed E-state index contributed by atoms with van der Waals surface area (Å²) >= 11 is 6.09. The molecule has 1 fully saturated rings. The van der Waals surface area contributed by atoms with Crippen LogP contribution in [0.1, 0.15) is 69.9 Å². The van der Waals surface area contributed by atoms with Crippen molar-refractivity contribution < 1.29 is 4.74 Å². The van der Waals surface area contributed by atoms with Crippen LogP contribution >= 0.6 is 11.6 Å². The van der Waals surface area contributed by atoms with E-state index < -0.39 is 0 Å². The van der Waals surface area contributed by atoms with E-state index in [9.17, 15) is 0 Å². The van der Waals surface area contributed by atoms with Crippen LogP contribution in [-0.4, -0.2) is 5.60 Å². The van der Waals surface area contributed by atoms with Gasteiger partial charge in [-0.2, -0.15) is 0 Å². The molecule has 1 spiro atoms. The second-order valence-corrected chi connectivity index (χ2v) is 7.30. The number of benzene rings is 1. The molecule has 3 rings (SSSR count). The molecule has 1 heterocycles. The highest BCUT2D eigenvalue weighted by Gasteiger charge is 2.41. The number of fused-ring (bicyclic) bond motifs is 1. The van der Waals surface area contributed by atoms with E-state index in [0.717, 1.165) is 41.5 Å². The number of nitrogens with two attached hydrogens (primary N) is 1. The molecule has 1 aromatic carbocycles. The molecule has 3 heteroatoms. The Morgan fingerprint density at radius 2 is 2.19 bits per heavy atom. The fourth-order valence-electron chi connectivity index (χ4n) is 4.14. The van der Waals surface area contributed by atoms with E-state index in [1.165, 1.54) is 32.1 Å². The van der Waals surface area contributed by atoms with Gasteiger partial charge in [-0.05, 0) is 49.8 Å². The highest BCUT2D eigenvalue weighted by Crippen LogP contribution is 2.46. The largest absolute Gasteiger partial charge is 0.487 e. The number of hydrogen-bond donors (Lipinski definition) is 1. The monoisotopic (exact) mass is 307 g/mol. The number of rotatable bonds is 2. The third kappa shape index (κ3) is 3.22. The van der Waals surface area contributed by atoms with Gasteiger partial charge in [0.15, 0.2) is 0 Å². The van der Waals surface area contributed by atoms with Crippen LogP contribution in [0.25, 0.3) is 0 Å². The van der Waals surface area contributed by atoms with Crippen LogP contribution < -0.4 is 10.5 Å². The maximum absolute atomic E-state index is 6.45. The summed E-state index contributed by atoms with van der Waals surface area (Å²) in [6.45, 7) is 2.29. The standard InChI is InChI=1S/C18H26ClNO/c1-2-4-13-5-3-9-18(10-8-13)12-16(20)15-11-14(19)6-7-17(15)21-18/h6-7,11,13,16H,2-5,8-10,12,20H2,1H3/t13?,16-,18?/m0/s1. The minimum Gasteiger partial charge on any atom is -0.487 e.